The van der Waals surface area contributed by atoms with E-state index >= 15 is 0 Å². The van der Waals surface area contributed by atoms with Gasteiger partial charge in [0.05, 0.1) is 13.1 Å². The minimum atomic E-state index is -6.72. The molecule has 0 atom stereocenters. The first-order valence-corrected chi connectivity index (χ1v) is 15.8. The molecule has 0 aliphatic heterocycles. The third kappa shape index (κ3) is 9.89. The van der Waals surface area contributed by atoms with E-state index in [2.05, 4.69) is 95.4 Å². The van der Waals surface area contributed by atoms with Crippen LogP contribution in [0.2, 0.25) is 0 Å². The lowest BCUT2D eigenvalue weighted by Crippen LogP contribution is -2.30. The normalized spacial score (nSPS) is 12.7. The summed E-state index contributed by atoms with van der Waals surface area (Å²) in [6.07, 6.45) is 10.3. The molecule has 1 aromatic heterocycles. The standard InChI is InChI=1S/C21H26N2P.C2F6NO4S2/c1-2-3-14-22-15-16-23(19-22)17-18-24(20-10-6-4-7-11-20)21-12-8-5-9-13-21;3-1(4,5)14(10,11)9-15(12,13)2(6,7)8/h4-13,15-16,19H,2-3,14,17-18H2,1H3;/q+1;-1. The largest absolute Gasteiger partial charge is 0.480 e. The molecular weight excluding hydrogens is 591 g/mol. The molecule has 0 N–H and O–H groups in total. The molecule has 0 spiro atoms. The van der Waals surface area contributed by atoms with Crippen molar-refractivity contribution in [2.24, 2.45) is 0 Å². The number of rotatable bonds is 10. The van der Waals surface area contributed by atoms with Crippen molar-refractivity contribution < 1.29 is 47.7 Å². The fourth-order valence-corrected chi connectivity index (χ4v) is 7.12. The Morgan fingerprint density at radius 2 is 1.28 bits per heavy atom. The van der Waals surface area contributed by atoms with Gasteiger partial charge < -0.3 is 4.13 Å². The molecule has 0 bridgehead atoms. The van der Waals surface area contributed by atoms with Crippen LogP contribution in [0.4, 0.5) is 26.3 Å². The van der Waals surface area contributed by atoms with Crippen LogP contribution < -0.4 is 15.2 Å². The number of hydrogen-bond acceptors (Lipinski definition) is 4. The lowest BCUT2D eigenvalue weighted by Gasteiger charge is -2.22. The average molecular weight is 618 g/mol. The SMILES string of the molecule is CCCC[n+]1ccn(CCP(c2ccccc2)c2ccccc2)c1.O=S(=O)([N-]S(=O)(=O)C(F)(F)F)C(F)(F)F. The van der Waals surface area contributed by atoms with Gasteiger partial charge in [-0.1, -0.05) is 74.0 Å². The molecule has 3 rings (SSSR count). The molecule has 3 aromatic rings. The molecule has 16 heteroatoms. The molecule has 0 aliphatic rings. The van der Waals surface area contributed by atoms with Crippen LogP contribution in [0, 0.1) is 0 Å². The summed E-state index contributed by atoms with van der Waals surface area (Å²) in [6.45, 7) is 4.43. The van der Waals surface area contributed by atoms with Gasteiger partial charge in [0, 0.05) is 6.16 Å². The first kappa shape index (κ1) is 32.7. The van der Waals surface area contributed by atoms with E-state index < -0.39 is 31.1 Å². The summed E-state index contributed by atoms with van der Waals surface area (Å²) in [5, 5.41) is 2.93. The van der Waals surface area contributed by atoms with E-state index in [1.54, 1.807) is 0 Å². The van der Waals surface area contributed by atoms with E-state index in [-0.39, 0.29) is 7.92 Å². The fourth-order valence-electron chi connectivity index (χ4n) is 3.10. The summed E-state index contributed by atoms with van der Waals surface area (Å²) in [5.41, 5.74) is -12.4. The smallest absolute Gasteiger partial charge is 0.421 e. The third-order valence-electron chi connectivity index (χ3n) is 5.01. The number of nitrogens with zero attached hydrogens (tertiary/aromatic N) is 3. The lowest BCUT2D eigenvalue weighted by atomic mass is 10.3. The minimum absolute atomic E-state index is 0.306. The number of unbranched alkanes of at least 4 members (excludes halogenated alkanes) is 1. The molecule has 0 fully saturated rings. The zero-order valence-electron chi connectivity index (χ0n) is 20.5. The molecule has 2 aromatic carbocycles. The number of halogens is 6. The Balaban J connectivity index is 0.000000309. The second-order valence-electron chi connectivity index (χ2n) is 7.98. The first-order chi connectivity index (χ1) is 18.1. The average Bonchev–Trinajstić information content (AvgIpc) is 3.30. The van der Waals surface area contributed by atoms with Crippen LogP contribution in [0.15, 0.2) is 79.4 Å². The molecule has 0 amide bonds. The van der Waals surface area contributed by atoms with E-state index in [1.165, 1.54) is 29.6 Å². The van der Waals surface area contributed by atoms with Crippen LogP contribution in [0.25, 0.3) is 4.13 Å². The van der Waals surface area contributed by atoms with Crippen LogP contribution in [-0.2, 0) is 33.1 Å². The lowest BCUT2D eigenvalue weighted by molar-refractivity contribution is -0.696. The Kier molecular flexibility index (Phi) is 11.5. The van der Waals surface area contributed by atoms with Gasteiger partial charge >= 0.3 is 11.0 Å². The van der Waals surface area contributed by atoms with Gasteiger partial charge in [-0.05, 0) is 25.0 Å². The molecule has 0 saturated heterocycles. The summed E-state index contributed by atoms with van der Waals surface area (Å²) in [6, 6.07) is 21.9. The summed E-state index contributed by atoms with van der Waals surface area (Å²) < 4.78 is 114. The maximum Gasteiger partial charge on any atom is 0.480 e. The zero-order valence-corrected chi connectivity index (χ0v) is 23.1. The van der Waals surface area contributed by atoms with Crippen molar-refractivity contribution in [1.29, 1.82) is 0 Å². The van der Waals surface area contributed by atoms with Crippen molar-refractivity contribution in [3.05, 3.63) is 83.5 Å². The molecule has 7 nitrogen and oxygen atoms in total. The summed E-state index contributed by atoms with van der Waals surface area (Å²) in [7, 11) is -13.7. The Morgan fingerprint density at radius 1 is 0.821 bits per heavy atom. The van der Waals surface area contributed by atoms with Gasteiger partial charge in [-0.2, -0.15) is 26.3 Å². The second kappa shape index (κ2) is 13.7. The highest BCUT2D eigenvalue weighted by atomic mass is 32.3. The summed E-state index contributed by atoms with van der Waals surface area (Å²) >= 11 is 0. The number of alkyl halides is 6. The van der Waals surface area contributed by atoms with E-state index in [4.69, 9.17) is 0 Å². The van der Waals surface area contributed by atoms with Gasteiger partial charge in [-0.15, -0.1) is 0 Å². The Hall–Kier alpha value is -2.48. The highest BCUT2D eigenvalue weighted by molar-refractivity contribution is 8.13. The maximum atomic E-state index is 11.4. The van der Waals surface area contributed by atoms with Crippen LogP contribution in [0.1, 0.15) is 19.8 Å². The molecule has 0 unspecified atom stereocenters. The van der Waals surface area contributed by atoms with E-state index in [0.29, 0.717) is 0 Å². The predicted octanol–water partition coefficient (Wildman–Crippen LogP) is 4.77. The summed E-state index contributed by atoms with van der Waals surface area (Å²) in [5.74, 6) is 0. The molecule has 0 saturated carbocycles. The number of sulfonamides is 2. The van der Waals surface area contributed by atoms with Crippen molar-refractivity contribution in [1.82, 2.24) is 4.57 Å². The monoisotopic (exact) mass is 617 g/mol. The van der Waals surface area contributed by atoms with Crippen molar-refractivity contribution in [3.8, 4) is 0 Å². The molecule has 0 aliphatic carbocycles. The van der Waals surface area contributed by atoms with Crippen molar-refractivity contribution >= 4 is 38.6 Å². The molecule has 39 heavy (non-hydrogen) atoms. The van der Waals surface area contributed by atoms with Gasteiger partial charge in [-0.3, -0.25) is 0 Å². The molecular formula is C23H26F6N3O4PS2. The van der Waals surface area contributed by atoms with Crippen LogP contribution in [0.5, 0.6) is 0 Å². The minimum Gasteiger partial charge on any atom is -0.421 e. The quantitative estimate of drug-likeness (QED) is 0.186. The van der Waals surface area contributed by atoms with E-state index in [1.807, 2.05) is 0 Å². The topological polar surface area (TPSA) is 91.2 Å². The fraction of sp³-hybridized carbons (Fsp3) is 0.348. The van der Waals surface area contributed by atoms with Gasteiger partial charge in [0.1, 0.15) is 12.4 Å². The van der Waals surface area contributed by atoms with Gasteiger partial charge in [0.15, 0.2) is 20.0 Å². The van der Waals surface area contributed by atoms with Gasteiger partial charge in [0.25, 0.3) is 0 Å². The van der Waals surface area contributed by atoms with Crippen molar-refractivity contribution in [2.45, 2.75) is 43.9 Å². The van der Waals surface area contributed by atoms with Crippen LogP contribution >= 0.6 is 7.92 Å². The Labute approximate surface area is 224 Å². The Morgan fingerprint density at radius 3 is 1.69 bits per heavy atom. The van der Waals surface area contributed by atoms with Gasteiger partial charge in [0.2, 0.25) is 6.33 Å². The number of aryl methyl sites for hydroxylation is 2. The summed E-state index contributed by atoms with van der Waals surface area (Å²) in [4.78, 5) is 0. The maximum absolute atomic E-state index is 11.4. The number of imidazole rings is 1. The molecule has 0 radical (unpaired) electrons. The highest BCUT2D eigenvalue weighted by Gasteiger charge is 2.46. The zero-order chi connectivity index (χ0) is 29.3. The van der Waals surface area contributed by atoms with Crippen molar-refractivity contribution in [3.63, 3.8) is 0 Å². The second-order valence-corrected chi connectivity index (χ2v) is 13.7. The van der Waals surface area contributed by atoms with E-state index in [9.17, 15) is 43.2 Å². The van der Waals surface area contributed by atoms with Gasteiger partial charge in [-0.25, -0.2) is 26.0 Å². The molecule has 1 heterocycles. The van der Waals surface area contributed by atoms with Crippen LogP contribution in [-0.4, -0.2) is 38.6 Å². The third-order valence-corrected chi connectivity index (χ3v) is 10.2. The molecule has 216 valence electrons. The Bertz CT molecular complexity index is 1300. The highest BCUT2D eigenvalue weighted by Crippen LogP contribution is 2.36. The van der Waals surface area contributed by atoms with Crippen LogP contribution in [0.3, 0.4) is 0 Å². The van der Waals surface area contributed by atoms with Crippen molar-refractivity contribution in [2.75, 3.05) is 6.16 Å². The number of benzene rings is 2. The first-order valence-electron chi connectivity index (χ1n) is 11.4. The predicted molar refractivity (Wildman–Crippen MR) is 137 cm³/mol. The number of aromatic nitrogens is 2. The number of hydrogen-bond donors (Lipinski definition) is 0. The van der Waals surface area contributed by atoms with E-state index in [0.717, 1.165) is 17.2 Å².